The lowest BCUT2D eigenvalue weighted by molar-refractivity contribution is -0.144. The molecular formula is C14H24IN3O2S. The number of halogens is 1. The lowest BCUT2D eigenvalue weighted by atomic mass is 10.2. The third-order valence-corrected chi connectivity index (χ3v) is 3.88. The third kappa shape index (κ3) is 7.12. The molecule has 1 atom stereocenters. The number of rotatable bonds is 6. The first-order valence-corrected chi connectivity index (χ1v) is 7.59. The summed E-state index contributed by atoms with van der Waals surface area (Å²) in [5, 5.41) is 8.40. The Labute approximate surface area is 147 Å². The van der Waals surface area contributed by atoms with Gasteiger partial charge in [-0.25, -0.2) is 4.99 Å². The molecule has 0 spiro atoms. The summed E-state index contributed by atoms with van der Waals surface area (Å²) in [6.45, 7) is 7.85. The van der Waals surface area contributed by atoms with Crippen LogP contribution in [0.1, 0.15) is 24.3 Å². The van der Waals surface area contributed by atoms with Gasteiger partial charge in [-0.2, -0.15) is 0 Å². The minimum Gasteiger partial charge on any atom is -0.469 e. The zero-order valence-electron chi connectivity index (χ0n) is 12.9. The maximum absolute atomic E-state index is 11.4. The molecule has 1 aromatic rings. The van der Waals surface area contributed by atoms with E-state index in [4.69, 9.17) is 4.74 Å². The Hall–Kier alpha value is -0.830. The minimum absolute atomic E-state index is 0. The molecule has 0 fully saturated rings. The molecule has 2 N–H and O–H groups in total. The van der Waals surface area contributed by atoms with Crippen molar-refractivity contribution in [3.05, 3.63) is 21.9 Å². The van der Waals surface area contributed by atoms with Crippen LogP contribution < -0.4 is 10.6 Å². The molecule has 5 nitrogen and oxygen atoms in total. The van der Waals surface area contributed by atoms with Crippen LogP contribution in [-0.2, 0) is 16.1 Å². The number of hydrogen-bond donors (Lipinski definition) is 2. The standard InChI is InChI=1S/C14H23N3O2S.HI/c1-5-15-14(16-8-11(3)13(18)19-4)17-9-12-10(2)6-7-20-12;/h6-7,11H,5,8-9H2,1-4H3,(H2,15,16,17);1H. The topological polar surface area (TPSA) is 62.7 Å². The second-order valence-corrected chi connectivity index (χ2v) is 5.53. The number of hydrogen-bond acceptors (Lipinski definition) is 4. The van der Waals surface area contributed by atoms with Gasteiger partial charge in [-0.1, -0.05) is 6.92 Å². The molecule has 120 valence electrons. The van der Waals surface area contributed by atoms with Gasteiger partial charge in [0.05, 0.1) is 19.6 Å². The minimum atomic E-state index is -0.220. The summed E-state index contributed by atoms with van der Waals surface area (Å²) >= 11 is 1.71. The summed E-state index contributed by atoms with van der Waals surface area (Å²) in [5.74, 6) is 0.297. The van der Waals surface area contributed by atoms with Gasteiger partial charge < -0.3 is 15.4 Å². The molecule has 7 heteroatoms. The second-order valence-electron chi connectivity index (χ2n) is 4.53. The van der Waals surface area contributed by atoms with Crippen molar-refractivity contribution in [2.24, 2.45) is 10.9 Å². The quantitative estimate of drug-likeness (QED) is 0.318. The fraction of sp³-hybridized carbons (Fsp3) is 0.571. The number of carbonyl (C=O) groups excluding carboxylic acids is 1. The Morgan fingerprint density at radius 2 is 2.19 bits per heavy atom. The number of guanidine groups is 1. The Bertz CT molecular complexity index is 463. The number of esters is 1. The molecule has 0 saturated carbocycles. The number of carbonyl (C=O) groups is 1. The van der Waals surface area contributed by atoms with Crippen LogP contribution in [0.2, 0.25) is 0 Å². The number of nitrogens with zero attached hydrogens (tertiary/aromatic N) is 1. The van der Waals surface area contributed by atoms with E-state index < -0.39 is 0 Å². The fourth-order valence-electron chi connectivity index (χ4n) is 1.59. The molecule has 0 radical (unpaired) electrons. The molecule has 21 heavy (non-hydrogen) atoms. The molecule has 0 aliphatic heterocycles. The summed E-state index contributed by atoms with van der Waals surface area (Å²) < 4.78 is 4.70. The van der Waals surface area contributed by atoms with Crippen molar-refractivity contribution in [1.82, 2.24) is 10.6 Å². The van der Waals surface area contributed by atoms with Crippen molar-refractivity contribution >= 4 is 47.2 Å². The summed E-state index contributed by atoms with van der Waals surface area (Å²) in [4.78, 5) is 17.1. The average Bonchev–Trinajstić information content (AvgIpc) is 2.86. The van der Waals surface area contributed by atoms with Crippen molar-refractivity contribution in [3.8, 4) is 0 Å². The highest BCUT2D eigenvalue weighted by molar-refractivity contribution is 14.0. The van der Waals surface area contributed by atoms with Crippen molar-refractivity contribution in [2.45, 2.75) is 27.3 Å². The van der Waals surface area contributed by atoms with Gasteiger partial charge >= 0.3 is 5.97 Å². The molecule has 1 heterocycles. The Morgan fingerprint density at radius 1 is 1.48 bits per heavy atom. The summed E-state index contributed by atoms with van der Waals surface area (Å²) in [7, 11) is 1.40. The van der Waals surface area contributed by atoms with Gasteiger partial charge in [0, 0.05) is 18.0 Å². The lowest BCUT2D eigenvalue weighted by Gasteiger charge is -2.14. The number of thiophene rings is 1. The average molecular weight is 425 g/mol. The highest BCUT2D eigenvalue weighted by Crippen LogP contribution is 2.16. The van der Waals surface area contributed by atoms with E-state index in [0.717, 1.165) is 12.5 Å². The summed E-state index contributed by atoms with van der Waals surface area (Å²) in [5.41, 5.74) is 1.26. The largest absolute Gasteiger partial charge is 0.469 e. The number of ether oxygens (including phenoxy) is 1. The van der Waals surface area contributed by atoms with Gasteiger partial charge in [0.1, 0.15) is 0 Å². The Kier molecular flexibility index (Phi) is 10.4. The van der Waals surface area contributed by atoms with Crippen LogP contribution in [0.3, 0.4) is 0 Å². The number of aryl methyl sites for hydroxylation is 1. The van der Waals surface area contributed by atoms with Gasteiger partial charge in [0.15, 0.2) is 5.96 Å². The van der Waals surface area contributed by atoms with E-state index >= 15 is 0 Å². The van der Waals surface area contributed by atoms with Crippen molar-refractivity contribution in [2.75, 3.05) is 20.2 Å². The van der Waals surface area contributed by atoms with Crippen molar-refractivity contribution in [1.29, 1.82) is 0 Å². The maximum Gasteiger partial charge on any atom is 0.310 e. The van der Waals surface area contributed by atoms with Gasteiger partial charge in [-0.15, -0.1) is 35.3 Å². The van der Waals surface area contributed by atoms with Crippen LogP contribution in [-0.4, -0.2) is 32.1 Å². The van der Waals surface area contributed by atoms with E-state index in [1.807, 2.05) is 13.8 Å². The maximum atomic E-state index is 11.4. The normalized spacial score (nSPS) is 12.3. The van der Waals surface area contributed by atoms with E-state index in [9.17, 15) is 4.79 Å². The van der Waals surface area contributed by atoms with Crippen LogP contribution >= 0.6 is 35.3 Å². The SMILES string of the molecule is CCNC(=NCc1sccc1C)NCC(C)C(=O)OC.I. The molecule has 1 rings (SSSR count). The Morgan fingerprint density at radius 3 is 2.71 bits per heavy atom. The zero-order chi connectivity index (χ0) is 15.0. The smallest absolute Gasteiger partial charge is 0.310 e. The molecule has 0 saturated heterocycles. The van der Waals surface area contributed by atoms with E-state index in [1.165, 1.54) is 17.6 Å². The van der Waals surface area contributed by atoms with Crippen LogP contribution in [0.15, 0.2) is 16.4 Å². The first-order chi connectivity index (χ1) is 9.58. The molecule has 0 aliphatic carbocycles. The monoisotopic (exact) mass is 425 g/mol. The second kappa shape index (κ2) is 10.8. The van der Waals surface area contributed by atoms with Gasteiger partial charge in [0.2, 0.25) is 0 Å². The van der Waals surface area contributed by atoms with Gasteiger partial charge in [-0.3, -0.25) is 4.79 Å². The van der Waals surface area contributed by atoms with Crippen LogP contribution in [0, 0.1) is 12.8 Å². The number of aliphatic imine (C=N–C) groups is 1. The van der Waals surface area contributed by atoms with Crippen molar-refractivity contribution < 1.29 is 9.53 Å². The van der Waals surface area contributed by atoms with Gasteiger partial charge in [0.25, 0.3) is 0 Å². The molecule has 0 bridgehead atoms. The zero-order valence-corrected chi connectivity index (χ0v) is 16.1. The Balaban J connectivity index is 0.00000400. The fourth-order valence-corrected chi connectivity index (χ4v) is 2.42. The molecule has 0 aliphatic rings. The van der Waals surface area contributed by atoms with E-state index in [2.05, 4.69) is 34.0 Å². The first kappa shape index (κ1) is 20.2. The molecule has 1 aromatic heterocycles. The van der Waals surface area contributed by atoms with Crippen molar-refractivity contribution in [3.63, 3.8) is 0 Å². The highest BCUT2D eigenvalue weighted by Gasteiger charge is 2.13. The number of methoxy groups -OCH3 is 1. The van der Waals surface area contributed by atoms with E-state index in [1.54, 1.807) is 11.3 Å². The summed E-state index contributed by atoms with van der Waals surface area (Å²) in [6.07, 6.45) is 0. The molecule has 1 unspecified atom stereocenters. The van der Waals surface area contributed by atoms with Gasteiger partial charge in [-0.05, 0) is 30.9 Å². The van der Waals surface area contributed by atoms with Crippen LogP contribution in [0.25, 0.3) is 0 Å². The molecular weight excluding hydrogens is 401 g/mol. The van der Waals surface area contributed by atoms with E-state index in [0.29, 0.717) is 13.1 Å². The van der Waals surface area contributed by atoms with E-state index in [-0.39, 0.29) is 35.9 Å². The summed E-state index contributed by atoms with van der Waals surface area (Å²) in [6, 6.07) is 2.09. The highest BCUT2D eigenvalue weighted by atomic mass is 127. The predicted molar refractivity (Wildman–Crippen MR) is 98.5 cm³/mol. The van der Waals surface area contributed by atoms with Crippen LogP contribution in [0.4, 0.5) is 0 Å². The predicted octanol–water partition coefficient (Wildman–Crippen LogP) is 2.54. The van der Waals surface area contributed by atoms with Crippen LogP contribution in [0.5, 0.6) is 0 Å². The molecule has 0 amide bonds. The third-order valence-electron chi connectivity index (χ3n) is 2.87. The lowest BCUT2D eigenvalue weighted by Crippen LogP contribution is -2.40. The number of nitrogens with one attached hydrogen (secondary N) is 2. The molecule has 0 aromatic carbocycles. The first-order valence-electron chi connectivity index (χ1n) is 6.71.